The standard InChI is InChI=1S/C13H16F3NO2/c14-11-6-10(3-4-12(11)19-13(15)16)17-7-9-2-1-5-18-8-9/h3-4,6,9,13,17H,1-2,5,7-8H2. The highest BCUT2D eigenvalue weighted by Crippen LogP contribution is 2.23. The van der Waals surface area contributed by atoms with Gasteiger partial charge in [0.1, 0.15) is 0 Å². The van der Waals surface area contributed by atoms with Crippen molar-refractivity contribution in [2.24, 2.45) is 5.92 Å². The summed E-state index contributed by atoms with van der Waals surface area (Å²) in [6, 6.07) is 3.87. The van der Waals surface area contributed by atoms with Crippen LogP contribution in [0.5, 0.6) is 5.75 Å². The van der Waals surface area contributed by atoms with Crippen molar-refractivity contribution in [2.45, 2.75) is 19.5 Å². The van der Waals surface area contributed by atoms with Gasteiger partial charge in [-0.25, -0.2) is 4.39 Å². The Hall–Kier alpha value is -1.43. The van der Waals surface area contributed by atoms with Gasteiger partial charge in [-0.05, 0) is 30.9 Å². The molecule has 1 N–H and O–H groups in total. The molecule has 1 unspecified atom stereocenters. The van der Waals surface area contributed by atoms with Crippen molar-refractivity contribution in [3.05, 3.63) is 24.0 Å². The van der Waals surface area contributed by atoms with Crippen LogP contribution in [0.2, 0.25) is 0 Å². The second-order valence-corrected chi connectivity index (χ2v) is 4.49. The number of ether oxygens (including phenoxy) is 2. The van der Waals surface area contributed by atoms with Gasteiger partial charge in [0.05, 0.1) is 6.61 Å². The molecule has 1 aromatic rings. The SMILES string of the molecule is Fc1cc(NCC2CCCOC2)ccc1OC(F)F. The van der Waals surface area contributed by atoms with Crippen LogP contribution in [0.1, 0.15) is 12.8 Å². The number of hydrogen-bond donors (Lipinski definition) is 1. The third-order valence-electron chi connectivity index (χ3n) is 3.00. The molecule has 1 heterocycles. The van der Waals surface area contributed by atoms with E-state index in [1.807, 2.05) is 0 Å². The average molecular weight is 275 g/mol. The molecule has 0 aromatic heterocycles. The molecule has 19 heavy (non-hydrogen) atoms. The molecule has 6 heteroatoms. The molecule has 3 nitrogen and oxygen atoms in total. The largest absolute Gasteiger partial charge is 0.432 e. The Morgan fingerprint density at radius 3 is 2.89 bits per heavy atom. The molecule has 1 aromatic carbocycles. The van der Waals surface area contributed by atoms with Crippen LogP contribution in [-0.4, -0.2) is 26.4 Å². The van der Waals surface area contributed by atoms with E-state index in [-0.39, 0.29) is 0 Å². The number of nitrogens with one attached hydrogen (secondary N) is 1. The van der Waals surface area contributed by atoms with Gasteiger partial charge < -0.3 is 14.8 Å². The van der Waals surface area contributed by atoms with Crippen LogP contribution in [0.15, 0.2) is 18.2 Å². The number of rotatable bonds is 5. The predicted molar refractivity (Wildman–Crippen MR) is 65.1 cm³/mol. The van der Waals surface area contributed by atoms with E-state index in [1.165, 1.54) is 12.1 Å². The van der Waals surface area contributed by atoms with Crippen LogP contribution in [0.3, 0.4) is 0 Å². The van der Waals surface area contributed by atoms with Gasteiger partial charge in [0.15, 0.2) is 11.6 Å². The van der Waals surface area contributed by atoms with E-state index in [0.717, 1.165) is 25.5 Å². The van der Waals surface area contributed by atoms with E-state index in [1.54, 1.807) is 0 Å². The van der Waals surface area contributed by atoms with E-state index < -0.39 is 18.2 Å². The summed E-state index contributed by atoms with van der Waals surface area (Å²) in [6.07, 6.45) is 2.10. The molecular weight excluding hydrogens is 259 g/mol. The third kappa shape index (κ3) is 4.31. The van der Waals surface area contributed by atoms with E-state index in [0.29, 0.717) is 24.8 Å². The zero-order valence-electron chi connectivity index (χ0n) is 10.4. The molecule has 1 atom stereocenters. The first kappa shape index (κ1) is 14.0. The number of halogens is 3. The highest BCUT2D eigenvalue weighted by atomic mass is 19.3. The minimum Gasteiger partial charge on any atom is -0.432 e. The molecule has 0 saturated carbocycles. The van der Waals surface area contributed by atoms with Gasteiger partial charge in [0.25, 0.3) is 0 Å². The van der Waals surface area contributed by atoms with Crippen LogP contribution in [0.25, 0.3) is 0 Å². The Morgan fingerprint density at radius 2 is 2.26 bits per heavy atom. The Morgan fingerprint density at radius 1 is 1.42 bits per heavy atom. The zero-order valence-corrected chi connectivity index (χ0v) is 10.4. The summed E-state index contributed by atoms with van der Waals surface area (Å²) in [7, 11) is 0. The first-order valence-electron chi connectivity index (χ1n) is 6.21. The molecule has 0 aliphatic carbocycles. The molecule has 1 fully saturated rings. The van der Waals surface area contributed by atoms with Crippen molar-refractivity contribution in [2.75, 3.05) is 25.1 Å². The van der Waals surface area contributed by atoms with E-state index >= 15 is 0 Å². The lowest BCUT2D eigenvalue weighted by Crippen LogP contribution is -2.24. The summed E-state index contributed by atoms with van der Waals surface area (Å²) in [5.41, 5.74) is 0.546. The second kappa shape index (κ2) is 6.65. The van der Waals surface area contributed by atoms with Crippen molar-refractivity contribution in [3.8, 4) is 5.75 Å². The summed E-state index contributed by atoms with van der Waals surface area (Å²) in [6.45, 7) is -0.853. The van der Waals surface area contributed by atoms with Crippen LogP contribution in [-0.2, 0) is 4.74 Å². The smallest absolute Gasteiger partial charge is 0.387 e. The average Bonchev–Trinajstić information content (AvgIpc) is 2.40. The first-order valence-corrected chi connectivity index (χ1v) is 6.21. The highest BCUT2D eigenvalue weighted by molar-refractivity contribution is 5.47. The number of hydrogen-bond acceptors (Lipinski definition) is 3. The summed E-state index contributed by atoms with van der Waals surface area (Å²) in [5, 5.41) is 3.07. The number of benzene rings is 1. The Bertz CT molecular complexity index is 409. The molecule has 2 rings (SSSR count). The Labute approximate surface area is 109 Å². The normalized spacial score (nSPS) is 19.5. The lowest BCUT2D eigenvalue weighted by atomic mass is 10.0. The van der Waals surface area contributed by atoms with Gasteiger partial charge >= 0.3 is 6.61 Å². The molecule has 0 amide bonds. The topological polar surface area (TPSA) is 30.5 Å². The lowest BCUT2D eigenvalue weighted by molar-refractivity contribution is -0.0521. The van der Waals surface area contributed by atoms with Gasteiger partial charge in [-0.3, -0.25) is 0 Å². The molecular formula is C13H16F3NO2. The molecule has 106 valence electrons. The summed E-state index contributed by atoms with van der Waals surface area (Å²) < 4.78 is 46.8. The minimum atomic E-state index is -3.02. The monoisotopic (exact) mass is 275 g/mol. The fraction of sp³-hybridized carbons (Fsp3) is 0.538. The molecule has 1 aliphatic heterocycles. The third-order valence-corrected chi connectivity index (χ3v) is 3.00. The molecule has 1 saturated heterocycles. The van der Waals surface area contributed by atoms with E-state index in [9.17, 15) is 13.2 Å². The van der Waals surface area contributed by atoms with Gasteiger partial charge in [-0.1, -0.05) is 0 Å². The van der Waals surface area contributed by atoms with Crippen molar-refractivity contribution >= 4 is 5.69 Å². The summed E-state index contributed by atoms with van der Waals surface area (Å²) in [4.78, 5) is 0. The van der Waals surface area contributed by atoms with Crippen molar-refractivity contribution < 1.29 is 22.6 Å². The van der Waals surface area contributed by atoms with Crippen LogP contribution < -0.4 is 10.1 Å². The molecule has 0 spiro atoms. The maximum Gasteiger partial charge on any atom is 0.387 e. The van der Waals surface area contributed by atoms with Gasteiger partial charge in [0.2, 0.25) is 0 Å². The summed E-state index contributed by atoms with van der Waals surface area (Å²) in [5.74, 6) is -0.847. The van der Waals surface area contributed by atoms with Gasteiger partial charge in [-0.2, -0.15) is 8.78 Å². The van der Waals surface area contributed by atoms with Crippen molar-refractivity contribution in [3.63, 3.8) is 0 Å². The maximum atomic E-state index is 13.5. The number of anilines is 1. The Balaban J connectivity index is 1.88. The van der Waals surface area contributed by atoms with Crippen LogP contribution in [0.4, 0.5) is 18.9 Å². The van der Waals surface area contributed by atoms with Gasteiger partial charge in [-0.15, -0.1) is 0 Å². The second-order valence-electron chi connectivity index (χ2n) is 4.49. The quantitative estimate of drug-likeness (QED) is 0.894. The van der Waals surface area contributed by atoms with Crippen LogP contribution in [0, 0.1) is 11.7 Å². The number of alkyl halides is 2. The highest BCUT2D eigenvalue weighted by Gasteiger charge is 2.14. The van der Waals surface area contributed by atoms with Crippen molar-refractivity contribution in [1.82, 2.24) is 0 Å². The first-order chi connectivity index (χ1) is 9.15. The summed E-state index contributed by atoms with van der Waals surface area (Å²) >= 11 is 0. The minimum absolute atomic E-state index is 0.397. The van der Waals surface area contributed by atoms with Crippen LogP contribution >= 0.6 is 0 Å². The van der Waals surface area contributed by atoms with Gasteiger partial charge in [0, 0.05) is 24.9 Å². The molecule has 0 bridgehead atoms. The molecule has 0 radical (unpaired) electrons. The van der Waals surface area contributed by atoms with Crippen molar-refractivity contribution in [1.29, 1.82) is 0 Å². The fourth-order valence-electron chi connectivity index (χ4n) is 2.03. The predicted octanol–water partition coefficient (Wildman–Crippen LogP) is 3.27. The van der Waals surface area contributed by atoms with E-state index in [4.69, 9.17) is 4.74 Å². The zero-order chi connectivity index (χ0) is 13.7. The van der Waals surface area contributed by atoms with E-state index in [2.05, 4.69) is 10.1 Å². The Kier molecular flexibility index (Phi) is 4.90. The maximum absolute atomic E-state index is 13.5. The lowest BCUT2D eigenvalue weighted by Gasteiger charge is -2.22. The molecule has 1 aliphatic rings. The fourth-order valence-corrected chi connectivity index (χ4v) is 2.03.